The van der Waals surface area contributed by atoms with Gasteiger partial charge in [0.25, 0.3) is 5.91 Å². The summed E-state index contributed by atoms with van der Waals surface area (Å²) in [5.41, 5.74) is 1.45. The smallest absolute Gasteiger partial charge is 0.267 e. The summed E-state index contributed by atoms with van der Waals surface area (Å²) in [6, 6.07) is 15.7. The molecule has 0 heterocycles. The van der Waals surface area contributed by atoms with Crippen LogP contribution in [0.2, 0.25) is 0 Å². The molecule has 7 nitrogen and oxygen atoms in total. The van der Waals surface area contributed by atoms with Gasteiger partial charge in [0.05, 0.1) is 25.5 Å². The number of para-hydroxylation sites is 1. The van der Waals surface area contributed by atoms with Gasteiger partial charge in [0.15, 0.2) is 11.5 Å². The van der Waals surface area contributed by atoms with Crippen LogP contribution in [0.4, 0.5) is 5.69 Å². The molecular formula is C21H20N4O3. The number of rotatable bonds is 7. The fraction of sp³-hybridized carbons (Fsp3) is 0.190. The van der Waals surface area contributed by atoms with Crippen molar-refractivity contribution in [2.24, 2.45) is 0 Å². The van der Waals surface area contributed by atoms with Crippen LogP contribution in [0.5, 0.6) is 11.5 Å². The van der Waals surface area contributed by atoms with Gasteiger partial charge < -0.3 is 20.1 Å². The van der Waals surface area contributed by atoms with Crippen molar-refractivity contribution in [2.45, 2.75) is 13.0 Å². The molecule has 2 aromatic rings. The summed E-state index contributed by atoms with van der Waals surface area (Å²) < 4.78 is 10.5. The lowest BCUT2D eigenvalue weighted by Crippen LogP contribution is -2.19. The van der Waals surface area contributed by atoms with Gasteiger partial charge in [0.1, 0.15) is 17.7 Å². The van der Waals surface area contributed by atoms with Crippen LogP contribution in [0.25, 0.3) is 0 Å². The fourth-order valence-electron chi connectivity index (χ4n) is 2.45. The Labute approximate surface area is 163 Å². The van der Waals surface area contributed by atoms with Gasteiger partial charge in [-0.2, -0.15) is 10.5 Å². The first-order chi connectivity index (χ1) is 13.5. The van der Waals surface area contributed by atoms with E-state index in [9.17, 15) is 10.1 Å². The minimum Gasteiger partial charge on any atom is -0.493 e. The Morgan fingerprint density at radius 1 is 1.11 bits per heavy atom. The first kappa shape index (κ1) is 20.3. The Kier molecular flexibility index (Phi) is 7.01. The summed E-state index contributed by atoms with van der Waals surface area (Å²) >= 11 is 0. The van der Waals surface area contributed by atoms with Gasteiger partial charge in [0.2, 0.25) is 0 Å². The molecule has 0 aromatic heterocycles. The molecular weight excluding hydrogens is 356 g/mol. The van der Waals surface area contributed by atoms with Crippen LogP contribution in [-0.4, -0.2) is 20.1 Å². The van der Waals surface area contributed by atoms with E-state index in [0.29, 0.717) is 22.7 Å². The quantitative estimate of drug-likeness (QED) is 0.567. The van der Waals surface area contributed by atoms with Crippen molar-refractivity contribution in [1.29, 1.82) is 10.5 Å². The average Bonchev–Trinajstić information content (AvgIpc) is 2.73. The molecule has 0 radical (unpaired) electrons. The highest BCUT2D eigenvalue weighted by molar-refractivity contribution is 6.07. The lowest BCUT2D eigenvalue weighted by Gasteiger charge is -2.15. The number of carbonyl (C=O) groups is 1. The summed E-state index contributed by atoms with van der Waals surface area (Å²) in [5.74, 6) is 0.600. The molecule has 0 spiro atoms. The van der Waals surface area contributed by atoms with Crippen LogP contribution in [0.1, 0.15) is 24.1 Å². The van der Waals surface area contributed by atoms with Gasteiger partial charge in [-0.1, -0.05) is 18.2 Å². The predicted molar refractivity (Wildman–Crippen MR) is 105 cm³/mol. The van der Waals surface area contributed by atoms with Crippen molar-refractivity contribution in [2.75, 3.05) is 19.5 Å². The molecule has 1 amide bonds. The molecule has 142 valence electrons. The van der Waals surface area contributed by atoms with Crippen molar-refractivity contribution in [3.05, 3.63) is 65.4 Å². The molecule has 2 rings (SSSR count). The van der Waals surface area contributed by atoms with Crippen molar-refractivity contribution in [3.8, 4) is 23.6 Å². The van der Waals surface area contributed by atoms with Gasteiger partial charge in [-0.05, 0) is 36.8 Å². The van der Waals surface area contributed by atoms with Crippen LogP contribution in [-0.2, 0) is 4.79 Å². The number of hydrogen-bond acceptors (Lipinski definition) is 6. The Morgan fingerprint density at radius 2 is 1.82 bits per heavy atom. The molecule has 0 bridgehead atoms. The molecule has 2 aromatic carbocycles. The van der Waals surface area contributed by atoms with Crippen molar-refractivity contribution in [3.63, 3.8) is 0 Å². The second kappa shape index (κ2) is 9.65. The van der Waals surface area contributed by atoms with Crippen LogP contribution in [0.15, 0.2) is 54.2 Å². The zero-order valence-corrected chi connectivity index (χ0v) is 15.8. The van der Waals surface area contributed by atoms with Gasteiger partial charge >= 0.3 is 0 Å². The van der Waals surface area contributed by atoms with E-state index in [1.165, 1.54) is 6.20 Å². The van der Waals surface area contributed by atoms with E-state index in [4.69, 9.17) is 14.7 Å². The highest BCUT2D eigenvalue weighted by Crippen LogP contribution is 2.29. The van der Waals surface area contributed by atoms with Crippen LogP contribution in [0, 0.1) is 22.7 Å². The number of nitrogens with one attached hydrogen (secondary N) is 2. The second-order valence-electron chi connectivity index (χ2n) is 5.78. The molecule has 0 fully saturated rings. The third-order valence-corrected chi connectivity index (χ3v) is 4.05. The maximum atomic E-state index is 12.4. The summed E-state index contributed by atoms with van der Waals surface area (Å²) in [6.07, 6.45) is 1.35. The molecule has 0 saturated carbocycles. The van der Waals surface area contributed by atoms with Crippen molar-refractivity contribution >= 4 is 11.6 Å². The van der Waals surface area contributed by atoms with E-state index < -0.39 is 5.91 Å². The van der Waals surface area contributed by atoms with Gasteiger partial charge in [-0.15, -0.1) is 0 Å². The topological polar surface area (TPSA) is 107 Å². The minimum absolute atomic E-state index is 0.111. The normalized spacial score (nSPS) is 11.5. The maximum absolute atomic E-state index is 12.4. The van der Waals surface area contributed by atoms with E-state index in [1.54, 1.807) is 44.6 Å². The van der Waals surface area contributed by atoms with Crippen LogP contribution in [0.3, 0.4) is 0 Å². The second-order valence-corrected chi connectivity index (χ2v) is 5.78. The molecule has 0 aliphatic heterocycles. The number of amides is 1. The summed E-state index contributed by atoms with van der Waals surface area (Å²) in [4.78, 5) is 12.4. The number of carbonyl (C=O) groups excluding carboxylic acids is 1. The molecule has 1 unspecified atom stereocenters. The SMILES string of the molecule is COc1ccc(C(C)N/C=C(/C#N)C(=O)Nc2ccccc2C#N)cc1OC. The zero-order chi connectivity index (χ0) is 20.5. The summed E-state index contributed by atoms with van der Waals surface area (Å²) in [7, 11) is 3.11. The van der Waals surface area contributed by atoms with E-state index in [0.717, 1.165) is 5.56 Å². The lowest BCUT2D eigenvalue weighted by atomic mass is 10.1. The van der Waals surface area contributed by atoms with E-state index >= 15 is 0 Å². The third-order valence-electron chi connectivity index (χ3n) is 4.05. The average molecular weight is 376 g/mol. The number of nitriles is 2. The van der Waals surface area contributed by atoms with Crippen molar-refractivity contribution < 1.29 is 14.3 Å². The standard InChI is InChI=1S/C21H20N4O3/c1-14(15-8-9-19(27-2)20(10-15)28-3)24-13-17(12-23)21(26)25-18-7-5-4-6-16(18)11-22/h4-10,13-14,24H,1-3H3,(H,25,26)/b17-13-. The highest BCUT2D eigenvalue weighted by Gasteiger charge is 2.13. The van der Waals surface area contributed by atoms with Gasteiger partial charge in [-0.3, -0.25) is 4.79 Å². The maximum Gasteiger partial charge on any atom is 0.267 e. The molecule has 0 aliphatic carbocycles. The monoisotopic (exact) mass is 376 g/mol. The predicted octanol–water partition coefficient (Wildman–Crippen LogP) is 3.27. The highest BCUT2D eigenvalue weighted by atomic mass is 16.5. The summed E-state index contributed by atoms with van der Waals surface area (Å²) in [5, 5.41) is 24.0. The number of hydrogen-bond donors (Lipinski definition) is 2. The van der Waals surface area contributed by atoms with Gasteiger partial charge in [-0.25, -0.2) is 0 Å². The lowest BCUT2D eigenvalue weighted by molar-refractivity contribution is -0.112. The Balaban J connectivity index is 2.13. The number of anilines is 1. The molecule has 0 saturated heterocycles. The van der Waals surface area contributed by atoms with Crippen LogP contribution < -0.4 is 20.1 Å². The largest absolute Gasteiger partial charge is 0.493 e. The Hall–Kier alpha value is -3.97. The first-order valence-corrected chi connectivity index (χ1v) is 8.42. The fourth-order valence-corrected chi connectivity index (χ4v) is 2.45. The molecule has 7 heteroatoms. The number of ether oxygens (including phenoxy) is 2. The van der Waals surface area contributed by atoms with E-state index in [2.05, 4.69) is 10.6 Å². The van der Waals surface area contributed by atoms with Crippen molar-refractivity contribution in [1.82, 2.24) is 5.32 Å². The van der Waals surface area contributed by atoms with Crippen LogP contribution >= 0.6 is 0 Å². The molecule has 1 atom stereocenters. The molecule has 0 aliphatic rings. The zero-order valence-electron chi connectivity index (χ0n) is 15.8. The first-order valence-electron chi connectivity index (χ1n) is 8.42. The minimum atomic E-state index is -0.600. The Morgan fingerprint density at radius 3 is 2.46 bits per heavy atom. The number of benzene rings is 2. The molecule has 2 N–H and O–H groups in total. The molecule has 28 heavy (non-hydrogen) atoms. The Bertz CT molecular complexity index is 970. The number of nitrogens with zero attached hydrogens (tertiary/aromatic N) is 2. The van der Waals surface area contributed by atoms with E-state index in [-0.39, 0.29) is 11.6 Å². The van der Waals surface area contributed by atoms with E-state index in [1.807, 2.05) is 31.2 Å². The van der Waals surface area contributed by atoms with Gasteiger partial charge in [0, 0.05) is 12.2 Å². The number of methoxy groups -OCH3 is 2. The summed E-state index contributed by atoms with van der Waals surface area (Å²) in [6.45, 7) is 1.88. The third kappa shape index (κ3) is 4.80.